The lowest BCUT2D eigenvalue weighted by atomic mass is 9.47. The Labute approximate surface area is 251 Å². The molecular formula is C33H56O7S. The highest BCUT2D eigenvalue weighted by Gasteiger charge is 2.59. The van der Waals surface area contributed by atoms with Crippen LogP contribution in [0.3, 0.4) is 0 Å². The van der Waals surface area contributed by atoms with E-state index in [0.29, 0.717) is 22.9 Å². The zero-order valence-electron chi connectivity index (χ0n) is 25.5. The van der Waals surface area contributed by atoms with Crippen LogP contribution in [0.2, 0.25) is 0 Å². The Kier molecular flexibility index (Phi) is 10.6. The van der Waals surface area contributed by atoms with Crippen molar-refractivity contribution in [2.24, 2.45) is 34.5 Å². The highest BCUT2D eigenvalue weighted by molar-refractivity contribution is 7.99. The van der Waals surface area contributed by atoms with Crippen molar-refractivity contribution in [3.63, 3.8) is 0 Å². The summed E-state index contributed by atoms with van der Waals surface area (Å²) in [4.78, 5) is 0. The number of aliphatic hydroxyl groups excluding tert-OH is 5. The molecular weight excluding hydrogens is 540 g/mol. The first-order valence-electron chi connectivity index (χ1n) is 16.5. The topological polar surface area (TPSA) is 120 Å². The third kappa shape index (κ3) is 6.33. The summed E-state index contributed by atoms with van der Waals surface area (Å²) < 4.78 is 12.0. The Morgan fingerprint density at radius 1 is 0.976 bits per heavy atom. The number of hydrogen-bond donors (Lipinski definition) is 5. The highest BCUT2D eigenvalue weighted by Crippen LogP contribution is 2.66. The summed E-state index contributed by atoms with van der Waals surface area (Å²) in [7, 11) is 0. The van der Waals surface area contributed by atoms with E-state index in [4.69, 9.17) is 9.47 Å². The molecule has 5 N–H and O–H groups in total. The van der Waals surface area contributed by atoms with Gasteiger partial charge < -0.3 is 35.0 Å². The number of aliphatic hydroxyl groups is 5. The van der Waals surface area contributed by atoms with Crippen LogP contribution in [0.5, 0.6) is 0 Å². The van der Waals surface area contributed by atoms with Crippen LogP contribution in [0.4, 0.5) is 0 Å². The zero-order valence-corrected chi connectivity index (χ0v) is 26.3. The second kappa shape index (κ2) is 13.4. The lowest BCUT2D eigenvalue weighted by Gasteiger charge is -2.58. The summed E-state index contributed by atoms with van der Waals surface area (Å²) in [5.41, 5.74) is 1.67. The number of allylic oxidation sites excluding steroid dienone is 1. The van der Waals surface area contributed by atoms with E-state index in [1.54, 1.807) is 5.57 Å². The van der Waals surface area contributed by atoms with Gasteiger partial charge in [-0.15, -0.1) is 11.8 Å². The van der Waals surface area contributed by atoms with Crippen LogP contribution >= 0.6 is 11.8 Å². The average molecular weight is 597 g/mol. The van der Waals surface area contributed by atoms with Crippen LogP contribution < -0.4 is 0 Å². The van der Waals surface area contributed by atoms with Crippen LogP contribution in [0.25, 0.3) is 0 Å². The Balaban J connectivity index is 1.01. The van der Waals surface area contributed by atoms with Crippen molar-refractivity contribution >= 4 is 11.8 Å². The zero-order chi connectivity index (χ0) is 29.4. The maximum absolute atomic E-state index is 10.5. The Hall–Kier alpha value is -0.190. The minimum atomic E-state index is -1.30. The van der Waals surface area contributed by atoms with Crippen molar-refractivity contribution in [1.82, 2.24) is 0 Å². The third-order valence-electron chi connectivity index (χ3n) is 12.2. The van der Waals surface area contributed by atoms with Crippen molar-refractivity contribution in [3.05, 3.63) is 11.6 Å². The molecule has 7 nitrogen and oxygen atoms in total. The molecule has 0 bridgehead atoms. The first-order valence-corrected chi connectivity index (χ1v) is 17.6. The summed E-state index contributed by atoms with van der Waals surface area (Å²) >= 11 is 1.44. The van der Waals surface area contributed by atoms with Gasteiger partial charge in [0.25, 0.3) is 0 Å². The fourth-order valence-corrected chi connectivity index (χ4v) is 11.0. The number of unbranched alkanes of at least 4 members (excludes halogenated alkanes) is 3. The molecule has 3 saturated carbocycles. The van der Waals surface area contributed by atoms with Gasteiger partial charge in [0.15, 0.2) is 0 Å². The van der Waals surface area contributed by atoms with Crippen molar-refractivity contribution in [2.75, 3.05) is 19.0 Å². The van der Waals surface area contributed by atoms with Crippen molar-refractivity contribution in [1.29, 1.82) is 0 Å². The van der Waals surface area contributed by atoms with Crippen LogP contribution in [-0.2, 0) is 9.47 Å². The van der Waals surface area contributed by atoms with Crippen molar-refractivity contribution < 1.29 is 35.0 Å². The first kappa shape index (κ1) is 32.2. The van der Waals surface area contributed by atoms with E-state index < -0.39 is 29.9 Å². The molecule has 13 atom stereocenters. The lowest BCUT2D eigenvalue weighted by Crippen LogP contribution is -2.57. The minimum Gasteiger partial charge on any atom is -0.394 e. The molecule has 1 heterocycles. The monoisotopic (exact) mass is 596 g/mol. The quantitative estimate of drug-likeness (QED) is 0.176. The fraction of sp³-hybridized carbons (Fsp3) is 0.939. The number of ether oxygens (including phenoxy) is 2. The Morgan fingerprint density at radius 2 is 1.76 bits per heavy atom. The van der Waals surface area contributed by atoms with Gasteiger partial charge in [0.1, 0.15) is 29.9 Å². The molecule has 5 aliphatic rings. The summed E-state index contributed by atoms with van der Waals surface area (Å²) in [6.07, 6.45) is 12.2. The van der Waals surface area contributed by atoms with E-state index in [-0.39, 0.29) is 12.7 Å². The molecule has 1 aliphatic heterocycles. The highest BCUT2D eigenvalue weighted by atomic mass is 32.2. The maximum Gasteiger partial charge on any atom is 0.132 e. The first-order chi connectivity index (χ1) is 19.6. The molecule has 4 aliphatic carbocycles. The smallest absolute Gasteiger partial charge is 0.132 e. The van der Waals surface area contributed by atoms with Gasteiger partial charge in [-0.25, -0.2) is 0 Å². The van der Waals surface area contributed by atoms with Crippen LogP contribution in [0.1, 0.15) is 97.8 Å². The number of fused-ring (bicyclic) bond motifs is 5. The van der Waals surface area contributed by atoms with Gasteiger partial charge in [-0.05, 0) is 111 Å². The van der Waals surface area contributed by atoms with E-state index in [2.05, 4.69) is 19.9 Å². The minimum absolute atomic E-state index is 0.185. The molecule has 8 heteroatoms. The molecule has 5 rings (SSSR count). The van der Waals surface area contributed by atoms with Gasteiger partial charge >= 0.3 is 0 Å². The molecule has 1 unspecified atom stereocenters. The van der Waals surface area contributed by atoms with Gasteiger partial charge in [0, 0.05) is 6.61 Å². The summed E-state index contributed by atoms with van der Waals surface area (Å²) in [6.45, 7) is 7.48. The molecule has 0 aromatic heterocycles. The molecule has 0 aromatic rings. The SMILES string of the molecule is CC(O)[C@H]1CC[C@H]2[C@@H]3CC=C4C[C@@H](OCCCCCCS[C@H]5O[C@H](CO)[C@@H](O)[C@H](O)[C@@H]5O)CC[C@]4(C)[C@H]3CC[C@]12C. The van der Waals surface area contributed by atoms with Crippen molar-refractivity contribution in [3.8, 4) is 0 Å². The molecule has 0 amide bonds. The van der Waals surface area contributed by atoms with Crippen LogP contribution in [0, 0.1) is 34.5 Å². The normalized spacial score (nSPS) is 46.8. The predicted octanol–water partition coefficient (Wildman–Crippen LogP) is 4.42. The fourth-order valence-electron chi connectivity index (χ4n) is 9.82. The molecule has 4 fully saturated rings. The maximum atomic E-state index is 10.5. The largest absolute Gasteiger partial charge is 0.394 e. The molecule has 1 saturated heterocycles. The van der Waals surface area contributed by atoms with Crippen LogP contribution in [0.15, 0.2) is 11.6 Å². The number of rotatable bonds is 11. The van der Waals surface area contributed by atoms with E-state index in [1.807, 2.05) is 6.92 Å². The standard InChI is InChI=1S/C33H56O7S/c1-20(35)24-10-11-25-23-9-8-21-18-22(12-14-32(21,2)26(23)13-15-33(24,25)3)39-16-6-4-5-7-17-41-31-30(38)29(37)28(36)27(19-34)40-31/h8,20,22-31,34-38H,4-7,9-19H2,1-3H3/t20?,22-,23-,24+,25-,26-,27+,28+,29-,30-,31+,32-,33+/m0/s1. The Bertz CT molecular complexity index is 897. The van der Waals surface area contributed by atoms with Crippen LogP contribution in [-0.4, -0.2) is 86.6 Å². The molecule has 236 valence electrons. The van der Waals surface area contributed by atoms with Gasteiger partial charge in [0.05, 0.1) is 18.8 Å². The molecule has 0 radical (unpaired) electrons. The van der Waals surface area contributed by atoms with E-state index in [1.165, 1.54) is 50.3 Å². The van der Waals surface area contributed by atoms with E-state index in [9.17, 15) is 25.5 Å². The average Bonchev–Trinajstić information content (AvgIpc) is 3.32. The lowest BCUT2D eigenvalue weighted by molar-refractivity contribution is -0.205. The predicted molar refractivity (Wildman–Crippen MR) is 161 cm³/mol. The van der Waals surface area contributed by atoms with Gasteiger partial charge in [0.2, 0.25) is 0 Å². The summed E-state index contributed by atoms with van der Waals surface area (Å²) in [5.74, 6) is 3.59. The second-order valence-corrected chi connectivity index (χ2v) is 15.7. The van der Waals surface area contributed by atoms with Gasteiger partial charge in [-0.2, -0.15) is 0 Å². The van der Waals surface area contributed by atoms with Gasteiger partial charge in [-0.3, -0.25) is 0 Å². The molecule has 0 spiro atoms. The Morgan fingerprint density at radius 3 is 2.51 bits per heavy atom. The third-order valence-corrected chi connectivity index (χ3v) is 13.5. The van der Waals surface area contributed by atoms with Gasteiger partial charge in [-0.1, -0.05) is 38.3 Å². The number of thioether (sulfide) groups is 1. The summed E-state index contributed by atoms with van der Waals surface area (Å²) in [6, 6.07) is 0. The molecule has 41 heavy (non-hydrogen) atoms. The van der Waals surface area contributed by atoms with E-state index in [0.717, 1.165) is 68.6 Å². The summed E-state index contributed by atoms with van der Waals surface area (Å²) in [5, 5.41) is 49.9. The molecule has 0 aromatic carbocycles. The van der Waals surface area contributed by atoms with E-state index >= 15 is 0 Å². The van der Waals surface area contributed by atoms with Crippen molar-refractivity contribution in [2.45, 2.75) is 140 Å². The second-order valence-electron chi connectivity index (χ2n) is 14.4. The number of hydrogen-bond acceptors (Lipinski definition) is 8.